The number of aliphatic hydroxyl groups excluding tert-OH is 1. The molecule has 2 rings (SSSR count). The van der Waals surface area contributed by atoms with E-state index in [1.807, 2.05) is 0 Å². The number of aliphatic hydroxyl groups is 1. The quantitative estimate of drug-likeness (QED) is 0.893. The van der Waals surface area contributed by atoms with Crippen LogP contribution >= 0.6 is 24.0 Å². The standard InChI is InChI=1S/C12H15ClFNO.ClH/c13-8-5-2-6-9(14)10(8)11(15)12(16)7-3-1-4-7;/h2,5-7,11-12,16H,1,3-4,15H2;1H/t11-,12+;/m1./s1. The van der Waals surface area contributed by atoms with Gasteiger partial charge in [-0.1, -0.05) is 24.1 Å². The maximum atomic E-state index is 13.6. The number of benzene rings is 1. The largest absolute Gasteiger partial charge is 0.391 e. The summed E-state index contributed by atoms with van der Waals surface area (Å²) in [5.74, 6) is -0.260. The first-order valence-corrected chi connectivity index (χ1v) is 5.86. The minimum atomic E-state index is -0.737. The van der Waals surface area contributed by atoms with Gasteiger partial charge in [-0.25, -0.2) is 4.39 Å². The molecule has 0 bridgehead atoms. The molecular weight excluding hydrogens is 264 g/mol. The Labute approximate surface area is 111 Å². The number of hydrogen-bond donors (Lipinski definition) is 2. The third-order valence-electron chi connectivity index (χ3n) is 3.33. The Morgan fingerprint density at radius 2 is 2.06 bits per heavy atom. The second-order valence-corrected chi connectivity index (χ2v) is 4.75. The molecule has 1 aromatic carbocycles. The number of hydrogen-bond acceptors (Lipinski definition) is 2. The van der Waals surface area contributed by atoms with Gasteiger partial charge in [-0.05, 0) is 30.9 Å². The van der Waals surface area contributed by atoms with E-state index in [-0.39, 0.29) is 28.9 Å². The van der Waals surface area contributed by atoms with Crippen LogP contribution in [0.15, 0.2) is 18.2 Å². The van der Waals surface area contributed by atoms with E-state index >= 15 is 0 Å². The number of nitrogens with two attached hydrogens (primary N) is 1. The highest BCUT2D eigenvalue weighted by atomic mass is 35.5. The third-order valence-corrected chi connectivity index (χ3v) is 3.66. The molecule has 0 unspecified atom stereocenters. The molecule has 1 aliphatic rings. The fourth-order valence-electron chi connectivity index (χ4n) is 2.07. The SMILES string of the molecule is Cl.N[C@H](c1c(F)cccc1Cl)[C@@H](O)C1CCC1. The Bertz CT molecular complexity index is 365. The second kappa shape index (κ2) is 6.01. The van der Waals surface area contributed by atoms with Crippen LogP contribution in [0.5, 0.6) is 0 Å². The summed E-state index contributed by atoms with van der Waals surface area (Å²) in [5.41, 5.74) is 6.10. The molecule has 0 heterocycles. The first kappa shape index (κ1) is 14.7. The molecule has 0 amide bonds. The van der Waals surface area contributed by atoms with Crippen LogP contribution in [0.1, 0.15) is 30.9 Å². The Kier molecular flexibility index (Phi) is 5.20. The minimum absolute atomic E-state index is 0. The molecule has 1 fully saturated rings. The van der Waals surface area contributed by atoms with E-state index in [0.717, 1.165) is 19.3 Å². The van der Waals surface area contributed by atoms with Crippen LogP contribution in [0.2, 0.25) is 5.02 Å². The second-order valence-electron chi connectivity index (χ2n) is 4.34. The average molecular weight is 280 g/mol. The fourth-order valence-corrected chi connectivity index (χ4v) is 2.36. The van der Waals surface area contributed by atoms with Crippen LogP contribution in [0, 0.1) is 11.7 Å². The summed E-state index contributed by atoms with van der Waals surface area (Å²) in [7, 11) is 0. The lowest BCUT2D eigenvalue weighted by Gasteiger charge is -2.34. The highest BCUT2D eigenvalue weighted by molar-refractivity contribution is 6.31. The molecular formula is C12H16Cl2FNO. The lowest BCUT2D eigenvalue weighted by molar-refractivity contribution is 0.0405. The van der Waals surface area contributed by atoms with Crippen LogP contribution in [0.4, 0.5) is 4.39 Å². The van der Waals surface area contributed by atoms with Gasteiger partial charge in [-0.3, -0.25) is 0 Å². The van der Waals surface area contributed by atoms with Crippen molar-refractivity contribution in [2.75, 3.05) is 0 Å². The van der Waals surface area contributed by atoms with Gasteiger partial charge in [-0.2, -0.15) is 0 Å². The summed E-state index contributed by atoms with van der Waals surface area (Å²) in [6, 6.07) is 3.70. The first-order valence-electron chi connectivity index (χ1n) is 5.49. The summed E-state index contributed by atoms with van der Waals surface area (Å²) >= 11 is 5.90. The lowest BCUT2D eigenvalue weighted by atomic mass is 9.77. The summed E-state index contributed by atoms with van der Waals surface area (Å²) in [6.45, 7) is 0. The zero-order valence-corrected chi connectivity index (χ0v) is 10.8. The smallest absolute Gasteiger partial charge is 0.129 e. The van der Waals surface area contributed by atoms with Crippen molar-refractivity contribution in [3.8, 4) is 0 Å². The van der Waals surface area contributed by atoms with Gasteiger partial charge >= 0.3 is 0 Å². The third kappa shape index (κ3) is 2.91. The average Bonchev–Trinajstić information content (AvgIpc) is 2.14. The van der Waals surface area contributed by atoms with Gasteiger partial charge in [0, 0.05) is 10.6 Å². The van der Waals surface area contributed by atoms with Gasteiger partial charge in [0.2, 0.25) is 0 Å². The predicted octanol–water partition coefficient (Wildman–Crippen LogP) is 3.06. The Balaban J connectivity index is 0.00000144. The molecule has 0 saturated heterocycles. The van der Waals surface area contributed by atoms with Crippen LogP contribution in [-0.2, 0) is 0 Å². The molecule has 0 spiro atoms. The van der Waals surface area contributed by atoms with Crippen molar-refractivity contribution in [2.24, 2.45) is 11.7 Å². The van der Waals surface area contributed by atoms with Crippen molar-refractivity contribution in [1.29, 1.82) is 0 Å². The molecule has 17 heavy (non-hydrogen) atoms. The molecule has 0 radical (unpaired) electrons. The Morgan fingerprint density at radius 1 is 1.41 bits per heavy atom. The van der Waals surface area contributed by atoms with E-state index in [9.17, 15) is 9.50 Å². The highest BCUT2D eigenvalue weighted by Gasteiger charge is 2.32. The first-order chi connectivity index (χ1) is 7.61. The molecule has 1 saturated carbocycles. The number of rotatable bonds is 3. The van der Waals surface area contributed by atoms with Crippen molar-refractivity contribution in [1.82, 2.24) is 0 Å². The van der Waals surface area contributed by atoms with Crippen LogP contribution in [0.25, 0.3) is 0 Å². The van der Waals surface area contributed by atoms with Gasteiger partial charge in [0.15, 0.2) is 0 Å². The molecule has 5 heteroatoms. The molecule has 96 valence electrons. The Hall–Kier alpha value is -0.350. The van der Waals surface area contributed by atoms with Crippen LogP contribution in [0.3, 0.4) is 0 Å². The monoisotopic (exact) mass is 279 g/mol. The van der Waals surface area contributed by atoms with Crippen molar-refractivity contribution in [3.05, 3.63) is 34.6 Å². The predicted molar refractivity (Wildman–Crippen MR) is 68.9 cm³/mol. The highest BCUT2D eigenvalue weighted by Crippen LogP contribution is 2.36. The van der Waals surface area contributed by atoms with Gasteiger partial charge in [0.1, 0.15) is 5.82 Å². The summed E-state index contributed by atoms with van der Waals surface area (Å²) in [6.07, 6.45) is 2.32. The summed E-state index contributed by atoms with van der Waals surface area (Å²) in [4.78, 5) is 0. The zero-order chi connectivity index (χ0) is 11.7. The van der Waals surface area contributed by atoms with Crippen LogP contribution < -0.4 is 5.73 Å². The van der Waals surface area contributed by atoms with Gasteiger partial charge in [0.25, 0.3) is 0 Å². The molecule has 0 aliphatic heterocycles. The maximum Gasteiger partial charge on any atom is 0.129 e. The van der Waals surface area contributed by atoms with Gasteiger partial charge in [-0.15, -0.1) is 12.4 Å². The molecule has 2 nitrogen and oxygen atoms in total. The van der Waals surface area contributed by atoms with Gasteiger partial charge in [0.05, 0.1) is 12.1 Å². The maximum absolute atomic E-state index is 13.6. The van der Waals surface area contributed by atoms with E-state index in [1.165, 1.54) is 12.1 Å². The molecule has 1 aliphatic carbocycles. The van der Waals surface area contributed by atoms with Gasteiger partial charge < -0.3 is 10.8 Å². The van der Waals surface area contributed by atoms with Crippen molar-refractivity contribution >= 4 is 24.0 Å². The van der Waals surface area contributed by atoms with E-state index in [0.29, 0.717) is 0 Å². The van der Waals surface area contributed by atoms with Crippen molar-refractivity contribution in [2.45, 2.75) is 31.4 Å². The summed E-state index contributed by atoms with van der Waals surface area (Å²) in [5, 5.41) is 10.3. The van der Waals surface area contributed by atoms with Crippen molar-refractivity contribution in [3.63, 3.8) is 0 Å². The topological polar surface area (TPSA) is 46.2 Å². The lowest BCUT2D eigenvalue weighted by Crippen LogP contribution is -2.37. The Morgan fingerprint density at radius 3 is 2.53 bits per heavy atom. The molecule has 1 aromatic rings. The fraction of sp³-hybridized carbons (Fsp3) is 0.500. The summed E-state index contributed by atoms with van der Waals surface area (Å²) < 4.78 is 13.6. The van der Waals surface area contributed by atoms with E-state index in [1.54, 1.807) is 6.07 Å². The van der Waals surface area contributed by atoms with Crippen LogP contribution in [-0.4, -0.2) is 11.2 Å². The molecule has 3 N–H and O–H groups in total. The normalized spacial score (nSPS) is 19.1. The molecule has 0 aromatic heterocycles. The minimum Gasteiger partial charge on any atom is -0.391 e. The zero-order valence-electron chi connectivity index (χ0n) is 9.27. The number of halogens is 3. The molecule has 2 atom stereocenters. The van der Waals surface area contributed by atoms with E-state index < -0.39 is 18.0 Å². The van der Waals surface area contributed by atoms with E-state index in [4.69, 9.17) is 17.3 Å². The van der Waals surface area contributed by atoms with Crippen molar-refractivity contribution < 1.29 is 9.50 Å². The van der Waals surface area contributed by atoms with E-state index in [2.05, 4.69) is 0 Å².